The van der Waals surface area contributed by atoms with Gasteiger partial charge in [-0.2, -0.15) is 0 Å². The van der Waals surface area contributed by atoms with E-state index < -0.39 is 0 Å². The third-order valence-corrected chi connectivity index (χ3v) is 7.11. The second kappa shape index (κ2) is 11.6. The molecule has 1 aromatic heterocycles. The summed E-state index contributed by atoms with van der Waals surface area (Å²) in [5.41, 5.74) is 11.5. The van der Waals surface area contributed by atoms with Crippen LogP contribution in [0.2, 0.25) is 0 Å². The molecule has 0 radical (unpaired) electrons. The molecule has 1 saturated heterocycles. The summed E-state index contributed by atoms with van der Waals surface area (Å²) in [7, 11) is 0. The molecule has 5 rings (SSSR count). The third-order valence-electron chi connectivity index (χ3n) is 7.11. The van der Waals surface area contributed by atoms with Crippen LogP contribution in [0.1, 0.15) is 48.0 Å². The summed E-state index contributed by atoms with van der Waals surface area (Å²) >= 11 is 0. The normalized spacial score (nSPS) is 15.0. The topological polar surface area (TPSA) is 91.6 Å². The van der Waals surface area contributed by atoms with Crippen LogP contribution in [0.4, 0.5) is 11.4 Å². The quantitative estimate of drug-likeness (QED) is 0.424. The van der Waals surface area contributed by atoms with Crippen molar-refractivity contribution in [3.05, 3.63) is 78.1 Å². The highest BCUT2D eigenvalue weighted by atomic mass is 16.2. The molecule has 2 aliphatic rings. The summed E-state index contributed by atoms with van der Waals surface area (Å²) in [6.45, 7) is 3.63. The minimum absolute atomic E-state index is 0.0491. The Balaban J connectivity index is 1.40. The molecule has 0 spiro atoms. The molecule has 7 heteroatoms. The molecule has 0 bridgehead atoms. The van der Waals surface area contributed by atoms with Crippen LogP contribution in [0.5, 0.6) is 0 Å². The van der Waals surface area contributed by atoms with Crippen molar-refractivity contribution in [3.63, 3.8) is 0 Å². The van der Waals surface area contributed by atoms with Crippen molar-refractivity contribution in [1.82, 2.24) is 9.88 Å². The first kappa shape index (κ1) is 25.0. The van der Waals surface area contributed by atoms with Gasteiger partial charge in [-0.1, -0.05) is 24.3 Å². The van der Waals surface area contributed by atoms with E-state index in [1.54, 1.807) is 24.5 Å². The maximum atomic E-state index is 13.2. The monoisotopic (exact) mass is 497 g/mol. The summed E-state index contributed by atoms with van der Waals surface area (Å²) in [5.74, 6) is 0.220. The van der Waals surface area contributed by atoms with Crippen LogP contribution in [0.25, 0.3) is 11.1 Å². The molecule has 2 aromatic carbocycles. The van der Waals surface area contributed by atoms with Crippen molar-refractivity contribution >= 4 is 23.2 Å². The number of nitrogens with two attached hydrogens (primary N) is 1. The second-order valence-corrected chi connectivity index (χ2v) is 10.0. The molecule has 0 unspecified atom stereocenters. The molecule has 0 atom stereocenters. The Kier molecular flexibility index (Phi) is 7.80. The van der Waals surface area contributed by atoms with Crippen molar-refractivity contribution in [2.75, 3.05) is 36.4 Å². The van der Waals surface area contributed by atoms with E-state index >= 15 is 0 Å². The van der Waals surface area contributed by atoms with Gasteiger partial charge in [0.1, 0.15) is 0 Å². The van der Waals surface area contributed by atoms with Gasteiger partial charge in [0.2, 0.25) is 5.91 Å². The van der Waals surface area contributed by atoms with Gasteiger partial charge < -0.3 is 20.9 Å². The summed E-state index contributed by atoms with van der Waals surface area (Å²) in [6, 6.07) is 18.2. The molecule has 2 amide bonds. The van der Waals surface area contributed by atoms with Crippen molar-refractivity contribution < 1.29 is 9.59 Å². The van der Waals surface area contributed by atoms with Crippen LogP contribution in [-0.2, 0) is 11.3 Å². The van der Waals surface area contributed by atoms with Crippen LogP contribution in [-0.4, -0.2) is 47.9 Å². The molecule has 1 aliphatic heterocycles. The fourth-order valence-electron chi connectivity index (χ4n) is 4.91. The summed E-state index contributed by atoms with van der Waals surface area (Å²) < 4.78 is 0. The predicted molar refractivity (Wildman–Crippen MR) is 147 cm³/mol. The van der Waals surface area contributed by atoms with E-state index in [9.17, 15) is 9.59 Å². The Morgan fingerprint density at radius 1 is 1.03 bits per heavy atom. The molecule has 2 fully saturated rings. The van der Waals surface area contributed by atoms with Gasteiger partial charge >= 0.3 is 0 Å². The van der Waals surface area contributed by atoms with Gasteiger partial charge in [0, 0.05) is 44.5 Å². The Labute approximate surface area is 218 Å². The average molecular weight is 498 g/mol. The van der Waals surface area contributed by atoms with Crippen LogP contribution < -0.4 is 16.0 Å². The van der Waals surface area contributed by atoms with Crippen LogP contribution in [0.15, 0.2) is 67.0 Å². The maximum Gasteiger partial charge on any atom is 0.255 e. The summed E-state index contributed by atoms with van der Waals surface area (Å²) in [6.07, 6.45) is 8.31. The fourth-order valence-corrected chi connectivity index (χ4v) is 4.91. The SMILES string of the molecule is NCCCN(Cc1cccc(-c2ccc(N3CCCC3)c(NC(=O)C3CC3)c2)c1)C(=O)c1cccnc1. The van der Waals surface area contributed by atoms with Gasteiger partial charge in [-0.15, -0.1) is 0 Å². The Hall–Kier alpha value is -3.71. The molecule has 7 nitrogen and oxygen atoms in total. The highest BCUT2D eigenvalue weighted by Crippen LogP contribution is 2.36. The number of carbonyl (C=O) groups excluding carboxylic acids is 2. The first-order valence-electron chi connectivity index (χ1n) is 13.3. The van der Waals surface area contributed by atoms with Gasteiger partial charge in [0.05, 0.1) is 16.9 Å². The molecule has 1 saturated carbocycles. The lowest BCUT2D eigenvalue weighted by Crippen LogP contribution is -2.32. The van der Waals surface area contributed by atoms with E-state index in [-0.39, 0.29) is 17.7 Å². The Bertz CT molecular complexity index is 1240. The minimum Gasteiger partial charge on any atom is -0.370 e. The lowest BCUT2D eigenvalue weighted by Gasteiger charge is -2.24. The number of pyridine rings is 1. The zero-order valence-electron chi connectivity index (χ0n) is 21.2. The highest BCUT2D eigenvalue weighted by Gasteiger charge is 2.30. The number of hydrogen-bond acceptors (Lipinski definition) is 5. The Morgan fingerprint density at radius 2 is 1.84 bits per heavy atom. The van der Waals surface area contributed by atoms with Crippen molar-refractivity contribution in [3.8, 4) is 11.1 Å². The lowest BCUT2D eigenvalue weighted by molar-refractivity contribution is -0.117. The van der Waals surface area contributed by atoms with Crippen molar-refractivity contribution in [2.24, 2.45) is 11.7 Å². The van der Waals surface area contributed by atoms with E-state index in [1.165, 1.54) is 12.8 Å². The van der Waals surface area contributed by atoms with Gasteiger partial charge in [-0.05, 0) is 85.7 Å². The standard InChI is InChI=1S/C30H35N5O2/c31-13-5-17-35(30(37)26-8-4-14-32-20-26)21-22-6-3-7-24(18-22)25-11-12-28(34-15-1-2-16-34)27(19-25)33-29(36)23-9-10-23/h3-4,6-8,11-12,14,18-20,23H,1-2,5,9-10,13,15-17,21,31H2,(H,33,36). The first-order chi connectivity index (χ1) is 18.1. The van der Waals surface area contributed by atoms with Gasteiger partial charge in [-0.3, -0.25) is 14.6 Å². The largest absolute Gasteiger partial charge is 0.370 e. The highest BCUT2D eigenvalue weighted by molar-refractivity contribution is 5.98. The number of benzene rings is 2. The molecule has 192 valence electrons. The molecule has 1 aliphatic carbocycles. The van der Waals surface area contributed by atoms with E-state index in [1.807, 2.05) is 17.0 Å². The van der Waals surface area contributed by atoms with Crippen LogP contribution in [0, 0.1) is 5.92 Å². The fraction of sp³-hybridized carbons (Fsp3) is 0.367. The van der Waals surface area contributed by atoms with Gasteiger partial charge in [0.25, 0.3) is 5.91 Å². The number of nitrogens with one attached hydrogen (secondary N) is 1. The average Bonchev–Trinajstić information content (AvgIpc) is 3.66. The third kappa shape index (κ3) is 6.17. The second-order valence-electron chi connectivity index (χ2n) is 10.0. The minimum atomic E-state index is -0.0491. The van der Waals surface area contributed by atoms with Crippen molar-refractivity contribution in [1.29, 1.82) is 0 Å². The van der Waals surface area contributed by atoms with Crippen LogP contribution in [0.3, 0.4) is 0 Å². The molecule has 3 aromatic rings. The number of rotatable bonds is 10. The van der Waals surface area contributed by atoms with E-state index in [0.717, 1.165) is 60.4 Å². The number of carbonyl (C=O) groups is 2. The first-order valence-corrected chi connectivity index (χ1v) is 13.3. The maximum absolute atomic E-state index is 13.2. The number of amides is 2. The van der Waals surface area contributed by atoms with E-state index in [4.69, 9.17) is 5.73 Å². The zero-order chi connectivity index (χ0) is 25.6. The van der Waals surface area contributed by atoms with Crippen LogP contribution >= 0.6 is 0 Å². The molecule has 3 N–H and O–H groups in total. The summed E-state index contributed by atoms with van der Waals surface area (Å²) in [4.78, 5) is 34.1. The number of hydrogen-bond donors (Lipinski definition) is 2. The zero-order valence-corrected chi connectivity index (χ0v) is 21.2. The van der Waals surface area contributed by atoms with E-state index in [2.05, 4.69) is 45.5 Å². The molecular weight excluding hydrogens is 462 g/mol. The number of aromatic nitrogens is 1. The predicted octanol–water partition coefficient (Wildman–Crippen LogP) is 4.69. The lowest BCUT2D eigenvalue weighted by atomic mass is 10.0. The molecule has 2 heterocycles. The van der Waals surface area contributed by atoms with Gasteiger partial charge in [0.15, 0.2) is 0 Å². The van der Waals surface area contributed by atoms with Gasteiger partial charge in [-0.25, -0.2) is 0 Å². The number of nitrogens with zero attached hydrogens (tertiary/aromatic N) is 3. The Morgan fingerprint density at radius 3 is 2.57 bits per heavy atom. The summed E-state index contributed by atoms with van der Waals surface area (Å²) in [5, 5.41) is 3.21. The molecular formula is C30H35N5O2. The van der Waals surface area contributed by atoms with E-state index in [0.29, 0.717) is 25.2 Å². The number of anilines is 2. The van der Waals surface area contributed by atoms with Crippen molar-refractivity contribution in [2.45, 2.75) is 38.6 Å². The smallest absolute Gasteiger partial charge is 0.255 e. The molecule has 37 heavy (non-hydrogen) atoms.